The van der Waals surface area contributed by atoms with Gasteiger partial charge in [-0.15, -0.1) is 5.10 Å². The van der Waals surface area contributed by atoms with E-state index in [9.17, 15) is 9.59 Å². The second-order valence-electron chi connectivity index (χ2n) is 9.26. The Balaban J connectivity index is 1.67. The Morgan fingerprint density at radius 3 is 2.54 bits per heavy atom. The molecule has 0 radical (unpaired) electrons. The first-order valence-electron chi connectivity index (χ1n) is 12.0. The first-order valence-corrected chi connectivity index (χ1v) is 12.0. The van der Waals surface area contributed by atoms with E-state index in [0.29, 0.717) is 29.5 Å². The van der Waals surface area contributed by atoms with E-state index in [1.807, 2.05) is 30.3 Å². The van der Waals surface area contributed by atoms with E-state index in [2.05, 4.69) is 29.5 Å². The average molecular weight is 480 g/mol. The third kappa shape index (κ3) is 5.55. The van der Waals surface area contributed by atoms with Crippen molar-refractivity contribution >= 4 is 22.8 Å². The number of carbonyl (C=O) groups is 2. The fourth-order valence-corrected chi connectivity index (χ4v) is 4.20. The van der Waals surface area contributed by atoms with Gasteiger partial charge in [-0.1, -0.05) is 37.3 Å². The van der Waals surface area contributed by atoms with Crippen LogP contribution in [0.5, 0.6) is 11.5 Å². The summed E-state index contributed by atoms with van der Waals surface area (Å²) in [5, 5.41) is 11.4. The van der Waals surface area contributed by atoms with Gasteiger partial charge in [0.15, 0.2) is 11.5 Å². The number of nitrogens with one attached hydrogen (secondary N) is 1. The van der Waals surface area contributed by atoms with E-state index in [1.54, 1.807) is 35.9 Å². The standard InChI is InChI=1S/C26H33N5O4/c1-17(2)13-14-27-26(33)25(18-9-12-22(34-3)23(15-18)35-4)31(19-10-11-19)24(32)16-30-21-8-6-5-7-20(21)28-29-30/h5-9,12,15,17,19,25H,10-11,13-14,16H2,1-4H3,(H,27,33). The lowest BCUT2D eigenvalue weighted by Gasteiger charge is -2.32. The van der Waals surface area contributed by atoms with Crippen LogP contribution in [0.2, 0.25) is 0 Å². The van der Waals surface area contributed by atoms with Gasteiger partial charge >= 0.3 is 0 Å². The topological polar surface area (TPSA) is 98.6 Å². The van der Waals surface area contributed by atoms with Gasteiger partial charge in [-0.05, 0) is 55.0 Å². The summed E-state index contributed by atoms with van der Waals surface area (Å²) in [5.74, 6) is 1.14. The third-order valence-corrected chi connectivity index (χ3v) is 6.20. The van der Waals surface area contributed by atoms with Crippen molar-refractivity contribution in [3.63, 3.8) is 0 Å². The molecule has 0 saturated heterocycles. The lowest BCUT2D eigenvalue weighted by atomic mass is 10.0. The summed E-state index contributed by atoms with van der Waals surface area (Å²) < 4.78 is 12.5. The highest BCUT2D eigenvalue weighted by molar-refractivity contribution is 5.89. The molecule has 9 heteroatoms. The Bertz CT molecular complexity index is 1190. The number of methoxy groups -OCH3 is 2. The molecule has 0 bridgehead atoms. The first-order chi connectivity index (χ1) is 16.9. The maximum Gasteiger partial charge on any atom is 0.247 e. The van der Waals surface area contributed by atoms with Crippen LogP contribution in [-0.4, -0.2) is 58.5 Å². The minimum Gasteiger partial charge on any atom is -0.493 e. The van der Waals surface area contributed by atoms with Gasteiger partial charge in [-0.2, -0.15) is 0 Å². The van der Waals surface area contributed by atoms with E-state index < -0.39 is 6.04 Å². The summed E-state index contributed by atoms with van der Waals surface area (Å²) in [7, 11) is 3.12. The zero-order valence-electron chi connectivity index (χ0n) is 20.7. The molecule has 4 rings (SSSR count). The van der Waals surface area contributed by atoms with Crippen LogP contribution >= 0.6 is 0 Å². The van der Waals surface area contributed by atoms with E-state index in [4.69, 9.17) is 9.47 Å². The molecule has 3 aromatic rings. The number of fused-ring (bicyclic) bond motifs is 1. The number of aromatic nitrogens is 3. The molecule has 1 aliphatic carbocycles. The maximum atomic E-state index is 13.7. The molecular formula is C26H33N5O4. The molecule has 2 amide bonds. The number of carbonyl (C=O) groups excluding carboxylic acids is 2. The van der Waals surface area contributed by atoms with Crippen LogP contribution in [0.15, 0.2) is 42.5 Å². The van der Waals surface area contributed by atoms with Crippen molar-refractivity contribution in [1.29, 1.82) is 0 Å². The fraction of sp³-hybridized carbons (Fsp3) is 0.462. The number of para-hydroxylation sites is 1. The zero-order chi connectivity index (χ0) is 24.9. The van der Waals surface area contributed by atoms with E-state index in [1.165, 1.54) is 0 Å². The highest BCUT2D eigenvalue weighted by atomic mass is 16.5. The number of nitrogens with zero attached hydrogens (tertiary/aromatic N) is 4. The molecule has 1 fully saturated rings. The molecule has 1 heterocycles. The number of ether oxygens (including phenoxy) is 2. The lowest BCUT2D eigenvalue weighted by Crippen LogP contribution is -2.46. The molecule has 1 unspecified atom stereocenters. The van der Waals surface area contributed by atoms with E-state index in [-0.39, 0.29) is 24.4 Å². The van der Waals surface area contributed by atoms with E-state index >= 15 is 0 Å². The summed E-state index contributed by atoms with van der Waals surface area (Å²) in [6.07, 6.45) is 2.56. The summed E-state index contributed by atoms with van der Waals surface area (Å²) in [6, 6.07) is 12.1. The SMILES string of the molecule is COc1ccc(C(C(=O)NCCC(C)C)N(C(=O)Cn2nnc3ccccc32)C2CC2)cc1OC. The third-order valence-electron chi connectivity index (χ3n) is 6.20. The van der Waals surface area contributed by atoms with Crippen LogP contribution < -0.4 is 14.8 Å². The van der Waals surface area contributed by atoms with Crippen LogP contribution in [0.4, 0.5) is 0 Å². The van der Waals surface area contributed by atoms with Gasteiger partial charge in [-0.3, -0.25) is 9.59 Å². The quantitative estimate of drug-likeness (QED) is 0.453. The van der Waals surface area contributed by atoms with Crippen molar-refractivity contribution < 1.29 is 19.1 Å². The molecule has 2 aromatic carbocycles. The highest BCUT2D eigenvalue weighted by Gasteiger charge is 2.41. The van der Waals surface area contributed by atoms with Crippen LogP contribution in [0.1, 0.15) is 44.7 Å². The lowest BCUT2D eigenvalue weighted by molar-refractivity contribution is -0.142. The Hall–Kier alpha value is -3.62. The number of rotatable bonds is 11. The summed E-state index contributed by atoms with van der Waals surface area (Å²) in [5.41, 5.74) is 2.18. The molecule has 0 aliphatic heterocycles. The van der Waals surface area contributed by atoms with Crippen molar-refractivity contribution in [2.24, 2.45) is 5.92 Å². The van der Waals surface area contributed by atoms with Gasteiger partial charge in [0, 0.05) is 12.6 Å². The van der Waals surface area contributed by atoms with Crippen LogP contribution in [0.25, 0.3) is 11.0 Å². The van der Waals surface area contributed by atoms with Crippen molar-refractivity contribution in [2.75, 3.05) is 20.8 Å². The second-order valence-corrected chi connectivity index (χ2v) is 9.26. The molecule has 1 atom stereocenters. The minimum absolute atomic E-state index is 0.0000764. The molecular weight excluding hydrogens is 446 g/mol. The zero-order valence-corrected chi connectivity index (χ0v) is 20.7. The summed E-state index contributed by atoms with van der Waals surface area (Å²) in [4.78, 5) is 29.0. The number of amides is 2. The number of benzene rings is 2. The first kappa shape index (κ1) is 24.5. The predicted octanol–water partition coefficient (Wildman–Crippen LogP) is 3.34. The van der Waals surface area contributed by atoms with Gasteiger partial charge in [0.25, 0.3) is 0 Å². The van der Waals surface area contributed by atoms with Crippen molar-refractivity contribution in [2.45, 2.75) is 51.7 Å². The molecule has 9 nitrogen and oxygen atoms in total. The fourth-order valence-electron chi connectivity index (χ4n) is 4.20. The normalized spacial score (nSPS) is 14.1. The molecule has 1 aliphatic rings. The maximum absolute atomic E-state index is 13.7. The van der Waals surface area contributed by atoms with Crippen molar-refractivity contribution in [3.8, 4) is 11.5 Å². The summed E-state index contributed by atoms with van der Waals surface area (Å²) in [6.45, 7) is 4.77. The molecule has 1 N–H and O–H groups in total. The summed E-state index contributed by atoms with van der Waals surface area (Å²) >= 11 is 0. The van der Waals surface area contributed by atoms with Gasteiger partial charge in [-0.25, -0.2) is 4.68 Å². The van der Waals surface area contributed by atoms with Crippen LogP contribution in [-0.2, 0) is 16.1 Å². The van der Waals surface area contributed by atoms with Gasteiger partial charge in [0.05, 0.1) is 19.7 Å². The Kier molecular flexibility index (Phi) is 7.53. The van der Waals surface area contributed by atoms with Crippen molar-refractivity contribution in [3.05, 3.63) is 48.0 Å². The van der Waals surface area contributed by atoms with Crippen LogP contribution in [0.3, 0.4) is 0 Å². The number of hydrogen-bond donors (Lipinski definition) is 1. The van der Waals surface area contributed by atoms with Crippen molar-refractivity contribution in [1.82, 2.24) is 25.2 Å². The number of hydrogen-bond acceptors (Lipinski definition) is 6. The molecule has 186 valence electrons. The van der Waals surface area contributed by atoms with Gasteiger partial charge in [0.2, 0.25) is 11.8 Å². The van der Waals surface area contributed by atoms with Crippen LogP contribution in [0, 0.1) is 5.92 Å². The smallest absolute Gasteiger partial charge is 0.247 e. The average Bonchev–Trinajstić information content (AvgIpc) is 3.61. The molecule has 1 saturated carbocycles. The Labute approximate surface area is 205 Å². The van der Waals surface area contributed by atoms with E-state index in [0.717, 1.165) is 30.3 Å². The second kappa shape index (κ2) is 10.8. The molecule has 35 heavy (non-hydrogen) atoms. The predicted molar refractivity (Wildman–Crippen MR) is 132 cm³/mol. The highest BCUT2D eigenvalue weighted by Crippen LogP contribution is 2.38. The van der Waals surface area contributed by atoms with Gasteiger partial charge < -0.3 is 19.7 Å². The minimum atomic E-state index is -0.795. The molecule has 1 aromatic heterocycles. The Morgan fingerprint density at radius 2 is 1.86 bits per heavy atom. The molecule has 0 spiro atoms. The van der Waals surface area contributed by atoms with Gasteiger partial charge in [0.1, 0.15) is 18.1 Å². The Morgan fingerprint density at radius 1 is 1.11 bits per heavy atom. The largest absolute Gasteiger partial charge is 0.493 e. The monoisotopic (exact) mass is 479 g/mol.